The second-order valence-corrected chi connectivity index (χ2v) is 34.9. The molecular weight excluding hydrogens is 1020 g/mol. The zero-order valence-electron chi connectivity index (χ0n) is 60.3. The molecule has 0 saturated carbocycles. The fourth-order valence-electron chi connectivity index (χ4n) is 13.7. The smallest absolute Gasteiger partial charge is 0.0953 e. The van der Waals surface area contributed by atoms with Gasteiger partial charge in [0.2, 0.25) is 0 Å². The molecule has 1 N–H and O–H groups in total. The summed E-state index contributed by atoms with van der Waals surface area (Å²) >= 11 is 0. The first-order valence-electron chi connectivity index (χ1n) is 33.9. The third-order valence-corrected chi connectivity index (χ3v) is 19.3. The highest BCUT2D eigenvalue weighted by Gasteiger charge is 2.39. The molecule has 5 rings (SSSR count). The van der Waals surface area contributed by atoms with Crippen LogP contribution in [0.5, 0.6) is 0 Å². The maximum atomic E-state index is 10.3. The summed E-state index contributed by atoms with van der Waals surface area (Å²) < 4.78 is 0. The van der Waals surface area contributed by atoms with Crippen LogP contribution in [-0.4, -0.2) is 0 Å². The number of hydrogen-bond donors (Lipinski definition) is 1. The Hall–Kier alpha value is -4.35. The Morgan fingerprint density at radius 2 is 1.05 bits per heavy atom. The second kappa shape index (κ2) is 28.9. The predicted molar refractivity (Wildman–Crippen MR) is 379 cm³/mol. The van der Waals surface area contributed by atoms with E-state index in [1.165, 1.54) is 148 Å². The molecule has 2 unspecified atom stereocenters. The molecule has 1 aliphatic carbocycles. The van der Waals surface area contributed by atoms with Gasteiger partial charge in [-0.1, -0.05) is 262 Å². The minimum Gasteiger partial charge on any atom is -0.375 e. The molecule has 472 valence electrons. The van der Waals surface area contributed by atoms with Crippen LogP contribution >= 0.6 is 0 Å². The number of hydrogen-bond acceptors (Lipinski definition) is 2. The summed E-state index contributed by atoms with van der Waals surface area (Å²) in [7, 11) is 0. The number of unbranched alkanes of at least 4 members (excludes halogenated alkanes) is 3. The van der Waals surface area contributed by atoms with E-state index >= 15 is 0 Å². The lowest BCUT2D eigenvalue weighted by Crippen LogP contribution is -2.40. The summed E-state index contributed by atoms with van der Waals surface area (Å²) in [4.78, 5) is 0. The molecule has 0 spiro atoms. The Balaban J connectivity index is 0.000000690. The third-order valence-electron chi connectivity index (χ3n) is 19.3. The monoisotopic (exact) mass is 1160 g/mol. The fourth-order valence-corrected chi connectivity index (χ4v) is 13.7. The standard InChI is InChI=1S/C64H100N2.C19H30/c1-21-33-64(35-31-45(2)27-29-48-37-50(58(4,5)6)43-51(38-48)59(7,8)9,34-25-23-22-24-26-47-41-55(62(16,17)18)57-56(42-47)63(19,20)66-57)36-32-46(3)28-30-49-39-53(60(10,11)12)52(44-65)54(40-49)61(13,14)15;1-9-10-11-15-12-16(18(3,4)5)14(2)17(13-15)19(6,7)8/h37-39,41-43,54,66H,2-3,21-36,40H2,1,4-20H3;9,12-13H,1,10-11H2,2-8H3. The van der Waals surface area contributed by atoms with Gasteiger partial charge in [-0.3, -0.25) is 0 Å². The van der Waals surface area contributed by atoms with Crippen LogP contribution in [0.2, 0.25) is 0 Å². The van der Waals surface area contributed by atoms with Crippen LogP contribution in [0.3, 0.4) is 0 Å². The van der Waals surface area contributed by atoms with Gasteiger partial charge in [-0.05, 0) is 216 Å². The van der Waals surface area contributed by atoms with Crippen molar-refractivity contribution in [3.05, 3.63) is 158 Å². The lowest BCUT2D eigenvalue weighted by Gasteiger charge is -2.44. The molecule has 0 saturated heterocycles. The maximum Gasteiger partial charge on any atom is 0.0953 e. The topological polar surface area (TPSA) is 35.8 Å². The number of aryl methyl sites for hydroxylation is 3. The van der Waals surface area contributed by atoms with Crippen molar-refractivity contribution in [2.75, 3.05) is 5.32 Å². The molecule has 2 nitrogen and oxygen atoms in total. The highest BCUT2D eigenvalue weighted by molar-refractivity contribution is 5.73. The van der Waals surface area contributed by atoms with Crippen molar-refractivity contribution in [2.24, 2.45) is 22.2 Å². The summed E-state index contributed by atoms with van der Waals surface area (Å²) in [5.74, 6) is 0.257. The minimum absolute atomic E-state index is 0.0422. The van der Waals surface area contributed by atoms with Crippen LogP contribution in [0.25, 0.3) is 0 Å². The number of nitrogens with zero attached hydrogens (tertiary/aromatic N) is 1. The summed E-state index contributed by atoms with van der Waals surface area (Å²) in [5, 5.41) is 14.1. The van der Waals surface area contributed by atoms with Gasteiger partial charge < -0.3 is 5.32 Å². The molecule has 2 aliphatic rings. The molecule has 3 aromatic rings. The predicted octanol–water partition coefficient (Wildman–Crippen LogP) is 25.2. The van der Waals surface area contributed by atoms with Gasteiger partial charge in [-0.25, -0.2) is 0 Å². The summed E-state index contributed by atoms with van der Waals surface area (Å²) in [6, 6.07) is 19.8. The molecule has 0 radical (unpaired) electrons. The number of rotatable bonds is 24. The van der Waals surface area contributed by atoms with Crippen LogP contribution in [0, 0.1) is 40.4 Å². The Bertz CT molecular complexity index is 2790. The van der Waals surface area contributed by atoms with Crippen molar-refractivity contribution in [2.45, 2.75) is 328 Å². The number of nitrogens with one attached hydrogen (secondary N) is 1. The first-order valence-corrected chi connectivity index (χ1v) is 33.9. The van der Waals surface area contributed by atoms with Gasteiger partial charge in [-0.15, -0.1) is 6.58 Å². The van der Waals surface area contributed by atoms with E-state index in [9.17, 15) is 5.26 Å². The lowest BCUT2D eigenvalue weighted by molar-refractivity contribution is 0.188. The Morgan fingerprint density at radius 1 is 0.565 bits per heavy atom. The van der Waals surface area contributed by atoms with E-state index in [1.54, 1.807) is 0 Å². The fraction of sp³-hybridized carbons (Fsp3) is 0.651. The summed E-state index contributed by atoms with van der Waals surface area (Å²) in [6.07, 6.45) is 26.5. The minimum atomic E-state index is -0.0559. The molecule has 1 aliphatic heterocycles. The van der Waals surface area contributed by atoms with E-state index in [4.69, 9.17) is 13.2 Å². The van der Waals surface area contributed by atoms with Crippen molar-refractivity contribution in [3.63, 3.8) is 0 Å². The molecule has 0 fully saturated rings. The van der Waals surface area contributed by atoms with Gasteiger partial charge in [0.1, 0.15) is 0 Å². The normalized spacial score (nSPS) is 16.5. The Morgan fingerprint density at radius 3 is 1.49 bits per heavy atom. The molecule has 2 heteroatoms. The van der Waals surface area contributed by atoms with Crippen molar-refractivity contribution < 1.29 is 0 Å². The molecule has 85 heavy (non-hydrogen) atoms. The largest absolute Gasteiger partial charge is 0.375 e. The number of benzene rings is 3. The van der Waals surface area contributed by atoms with Gasteiger partial charge in [0.25, 0.3) is 0 Å². The van der Waals surface area contributed by atoms with Crippen LogP contribution < -0.4 is 5.32 Å². The van der Waals surface area contributed by atoms with E-state index in [-0.39, 0.29) is 49.4 Å². The Labute approximate surface area is 527 Å². The SMILES string of the molecule is C=C(CCC1=CC(C(C)(C)C)=C(C#N)C(C(C)(C)C)C1)CCC(CCC)(CCCCCCc1cc(C(C)(C)C)c2c(c1)C(C)(C)N2)CCC(=C)CCc1cc(C(C)(C)C)cc(C(C)(C)C)c1.C=CCCc1cc(C(C)(C)C)c(C)c(C(C)(C)C)c1. The molecule has 0 amide bonds. The van der Waals surface area contributed by atoms with Gasteiger partial charge in [-0.2, -0.15) is 5.26 Å². The molecule has 0 aromatic heterocycles. The first-order chi connectivity index (χ1) is 38.9. The molecule has 2 atom stereocenters. The van der Waals surface area contributed by atoms with E-state index in [2.05, 4.69) is 240 Å². The van der Waals surface area contributed by atoms with E-state index in [0.717, 1.165) is 63.4 Å². The quantitative estimate of drug-likeness (QED) is 0.0717. The molecule has 3 aromatic carbocycles. The molecular formula is C83H130N2. The van der Waals surface area contributed by atoms with Gasteiger partial charge in [0, 0.05) is 22.7 Å². The number of anilines is 1. The van der Waals surface area contributed by atoms with Crippen LogP contribution in [0.4, 0.5) is 5.69 Å². The summed E-state index contributed by atoms with van der Waals surface area (Å²) in [5.41, 5.74) is 23.8. The summed E-state index contributed by atoms with van der Waals surface area (Å²) in [6.45, 7) is 71.3. The van der Waals surface area contributed by atoms with Crippen molar-refractivity contribution in [3.8, 4) is 6.07 Å². The van der Waals surface area contributed by atoms with Crippen molar-refractivity contribution in [1.82, 2.24) is 0 Å². The number of nitriles is 1. The van der Waals surface area contributed by atoms with Gasteiger partial charge in [0.15, 0.2) is 0 Å². The molecule has 1 heterocycles. The average molecular weight is 1160 g/mol. The zero-order valence-corrected chi connectivity index (χ0v) is 60.3. The van der Waals surface area contributed by atoms with Gasteiger partial charge in [0.05, 0.1) is 11.6 Å². The van der Waals surface area contributed by atoms with Crippen LogP contribution in [0.1, 0.15) is 325 Å². The van der Waals surface area contributed by atoms with E-state index in [1.807, 2.05) is 6.08 Å². The molecule has 0 bridgehead atoms. The zero-order chi connectivity index (χ0) is 64.5. The highest BCUT2D eigenvalue weighted by Crippen LogP contribution is 2.50. The first kappa shape index (κ1) is 73.1. The number of fused-ring (bicyclic) bond motifs is 1. The van der Waals surface area contributed by atoms with Gasteiger partial charge >= 0.3 is 0 Å². The van der Waals surface area contributed by atoms with Crippen molar-refractivity contribution >= 4 is 5.69 Å². The van der Waals surface area contributed by atoms with Crippen molar-refractivity contribution in [1.29, 1.82) is 5.26 Å². The van der Waals surface area contributed by atoms with E-state index < -0.39 is 0 Å². The average Bonchev–Trinajstić information content (AvgIpc) is 1.09. The third kappa shape index (κ3) is 21.2. The maximum absolute atomic E-state index is 10.3. The lowest BCUT2D eigenvalue weighted by atomic mass is 9.65. The van der Waals surface area contributed by atoms with Crippen LogP contribution in [0.15, 0.2) is 102 Å². The highest BCUT2D eigenvalue weighted by atomic mass is 15.0. The van der Waals surface area contributed by atoms with E-state index in [0.29, 0.717) is 5.41 Å². The van der Waals surface area contributed by atoms with Crippen LogP contribution in [-0.2, 0) is 51.9 Å². The second-order valence-electron chi connectivity index (χ2n) is 34.9. The number of allylic oxidation sites excluding steroid dienone is 7. The Kier molecular flexibility index (Phi) is 24.8.